The van der Waals surface area contributed by atoms with Gasteiger partial charge < -0.3 is 19.8 Å². The Morgan fingerprint density at radius 3 is 2.16 bits per heavy atom. The minimum Gasteiger partial charge on any atom is -0.481 e. The summed E-state index contributed by atoms with van der Waals surface area (Å²) < 4.78 is 0. The van der Waals surface area contributed by atoms with E-state index in [2.05, 4.69) is 0 Å². The van der Waals surface area contributed by atoms with Gasteiger partial charge in [-0.1, -0.05) is 17.7 Å². The largest absolute Gasteiger partial charge is 0.481 e. The molecular weight excluding hydrogens is 410 g/mol. The van der Waals surface area contributed by atoms with Gasteiger partial charge in [-0.2, -0.15) is 0 Å². The highest BCUT2D eigenvalue weighted by atomic mass is 16.4. The number of carbonyl (C=O) groups is 4. The summed E-state index contributed by atoms with van der Waals surface area (Å²) in [6.07, 6.45) is 2.72. The first kappa shape index (κ1) is 22.3. The molecule has 3 aliphatic heterocycles. The van der Waals surface area contributed by atoms with Crippen molar-refractivity contribution >= 4 is 29.4 Å². The van der Waals surface area contributed by atoms with E-state index in [9.17, 15) is 24.3 Å². The zero-order chi connectivity index (χ0) is 22.8. The molecule has 1 aromatic carbocycles. The minimum atomic E-state index is -0.839. The number of hydrogen-bond donors (Lipinski definition) is 1. The smallest absolute Gasteiger partial charge is 0.308 e. The Labute approximate surface area is 188 Å². The highest BCUT2D eigenvalue weighted by Crippen LogP contribution is 2.29. The first-order chi connectivity index (χ1) is 15.3. The van der Waals surface area contributed by atoms with Crippen molar-refractivity contribution in [2.24, 2.45) is 17.8 Å². The second-order valence-electron chi connectivity index (χ2n) is 9.30. The highest BCUT2D eigenvalue weighted by molar-refractivity contribution is 6.00. The predicted octanol–water partition coefficient (Wildman–Crippen LogP) is 1.91. The summed E-state index contributed by atoms with van der Waals surface area (Å²) >= 11 is 0. The molecular formula is C24H31N3O5. The van der Waals surface area contributed by atoms with Gasteiger partial charge in [-0.05, 0) is 44.7 Å². The van der Waals surface area contributed by atoms with Gasteiger partial charge in [0.25, 0.3) is 0 Å². The topological polar surface area (TPSA) is 98.2 Å². The number of anilines is 1. The minimum absolute atomic E-state index is 0.0113. The first-order valence-electron chi connectivity index (χ1n) is 11.5. The number of piperidine rings is 2. The zero-order valence-corrected chi connectivity index (χ0v) is 18.5. The van der Waals surface area contributed by atoms with Crippen molar-refractivity contribution in [2.75, 3.05) is 37.6 Å². The first-order valence-corrected chi connectivity index (χ1v) is 11.5. The predicted molar refractivity (Wildman–Crippen MR) is 118 cm³/mol. The average molecular weight is 442 g/mol. The van der Waals surface area contributed by atoms with E-state index in [4.69, 9.17) is 0 Å². The third kappa shape index (κ3) is 4.64. The number of carboxylic acids is 1. The Balaban J connectivity index is 1.30. The normalized spacial score (nSPS) is 24.7. The Hall–Kier alpha value is -2.90. The molecule has 1 N–H and O–H groups in total. The molecule has 32 heavy (non-hydrogen) atoms. The number of aliphatic carboxylic acids is 1. The van der Waals surface area contributed by atoms with Gasteiger partial charge in [-0.3, -0.25) is 19.2 Å². The van der Waals surface area contributed by atoms with Crippen LogP contribution in [-0.4, -0.2) is 71.3 Å². The van der Waals surface area contributed by atoms with Gasteiger partial charge >= 0.3 is 5.97 Å². The zero-order valence-electron chi connectivity index (χ0n) is 18.5. The van der Waals surface area contributed by atoms with Crippen molar-refractivity contribution in [2.45, 2.75) is 39.0 Å². The number of carbonyl (C=O) groups excluding carboxylic acids is 3. The maximum atomic E-state index is 13.1. The SMILES string of the molecule is Cc1ccc(N2C[C@@H](C(=O)N3CCC(C(=O)N4CCC[C@@H](C(=O)O)C4)CC3)CC2=O)cc1. The van der Waals surface area contributed by atoms with Crippen LogP contribution in [0.25, 0.3) is 0 Å². The van der Waals surface area contributed by atoms with Gasteiger partial charge in [0.15, 0.2) is 0 Å². The number of carboxylic acid groups (broad SMARTS) is 1. The van der Waals surface area contributed by atoms with Gasteiger partial charge in [0.2, 0.25) is 17.7 Å². The van der Waals surface area contributed by atoms with E-state index in [1.54, 1.807) is 14.7 Å². The van der Waals surface area contributed by atoms with Gasteiger partial charge in [-0.25, -0.2) is 0 Å². The van der Waals surface area contributed by atoms with Crippen molar-refractivity contribution in [1.29, 1.82) is 0 Å². The van der Waals surface area contributed by atoms with E-state index in [-0.39, 0.29) is 42.5 Å². The van der Waals surface area contributed by atoms with Gasteiger partial charge in [-0.15, -0.1) is 0 Å². The van der Waals surface area contributed by atoms with Crippen molar-refractivity contribution in [3.05, 3.63) is 29.8 Å². The molecule has 0 spiro atoms. The molecule has 4 rings (SSSR count). The summed E-state index contributed by atoms with van der Waals surface area (Å²) in [4.78, 5) is 54.9. The van der Waals surface area contributed by atoms with Crippen LogP contribution in [0.15, 0.2) is 24.3 Å². The van der Waals surface area contributed by atoms with Crippen LogP contribution in [0.4, 0.5) is 5.69 Å². The van der Waals surface area contributed by atoms with Crippen molar-refractivity contribution in [1.82, 2.24) is 9.80 Å². The van der Waals surface area contributed by atoms with Crippen LogP contribution in [0, 0.1) is 24.7 Å². The van der Waals surface area contributed by atoms with Gasteiger partial charge in [0, 0.05) is 50.7 Å². The molecule has 3 amide bonds. The Morgan fingerprint density at radius 1 is 0.844 bits per heavy atom. The number of benzene rings is 1. The lowest BCUT2D eigenvalue weighted by Gasteiger charge is -2.37. The second-order valence-corrected chi connectivity index (χ2v) is 9.30. The molecule has 3 fully saturated rings. The maximum Gasteiger partial charge on any atom is 0.308 e. The molecule has 0 radical (unpaired) electrons. The van der Waals surface area contributed by atoms with Crippen LogP contribution in [0.2, 0.25) is 0 Å². The average Bonchev–Trinajstić information content (AvgIpc) is 3.20. The summed E-state index contributed by atoms with van der Waals surface area (Å²) in [7, 11) is 0. The molecule has 0 saturated carbocycles. The molecule has 0 bridgehead atoms. The number of hydrogen-bond acceptors (Lipinski definition) is 4. The Morgan fingerprint density at radius 2 is 1.50 bits per heavy atom. The van der Waals surface area contributed by atoms with Crippen LogP contribution < -0.4 is 4.90 Å². The van der Waals surface area contributed by atoms with E-state index in [0.717, 1.165) is 11.3 Å². The summed E-state index contributed by atoms with van der Waals surface area (Å²) in [6, 6.07) is 7.74. The summed E-state index contributed by atoms with van der Waals surface area (Å²) in [5.41, 5.74) is 1.94. The number of aryl methyl sites for hydroxylation is 1. The highest BCUT2D eigenvalue weighted by Gasteiger charge is 2.39. The lowest BCUT2D eigenvalue weighted by atomic mass is 9.91. The lowest BCUT2D eigenvalue weighted by Crippen LogP contribution is -2.49. The summed E-state index contributed by atoms with van der Waals surface area (Å²) in [5.74, 6) is -1.86. The molecule has 3 saturated heterocycles. The molecule has 0 unspecified atom stereocenters. The monoisotopic (exact) mass is 441 g/mol. The molecule has 8 nitrogen and oxygen atoms in total. The third-order valence-electron chi connectivity index (χ3n) is 7.06. The lowest BCUT2D eigenvalue weighted by molar-refractivity contribution is -0.148. The standard InChI is InChI=1S/C24H31N3O5/c1-16-4-6-20(7-5-16)27-15-19(13-21(27)28)23(30)25-11-8-17(9-12-25)22(29)26-10-2-3-18(14-26)24(31)32/h4-7,17-19H,2-3,8-15H2,1H3,(H,31,32)/t18-,19+/m1/s1. The van der Waals surface area contributed by atoms with Crippen LogP contribution in [0.5, 0.6) is 0 Å². The van der Waals surface area contributed by atoms with Crippen LogP contribution in [0.3, 0.4) is 0 Å². The summed E-state index contributed by atoms with van der Waals surface area (Å²) in [6.45, 7) is 4.28. The molecule has 172 valence electrons. The quantitative estimate of drug-likeness (QED) is 0.770. The van der Waals surface area contributed by atoms with Crippen molar-refractivity contribution < 1.29 is 24.3 Å². The Kier molecular flexibility index (Phi) is 6.48. The van der Waals surface area contributed by atoms with Gasteiger partial charge in [0.05, 0.1) is 11.8 Å². The Bertz CT molecular complexity index is 891. The van der Waals surface area contributed by atoms with Gasteiger partial charge in [0.1, 0.15) is 0 Å². The maximum absolute atomic E-state index is 13.1. The molecule has 0 aliphatic carbocycles. The fraction of sp³-hybridized carbons (Fsp3) is 0.583. The van der Waals surface area contributed by atoms with Crippen LogP contribution in [0.1, 0.15) is 37.7 Å². The number of likely N-dealkylation sites (tertiary alicyclic amines) is 2. The number of amides is 3. The molecule has 3 heterocycles. The van der Waals surface area contributed by atoms with E-state index < -0.39 is 11.9 Å². The molecule has 3 aliphatic rings. The molecule has 8 heteroatoms. The fourth-order valence-corrected chi connectivity index (χ4v) is 5.09. The molecule has 0 aromatic heterocycles. The molecule has 2 atom stereocenters. The van der Waals surface area contributed by atoms with Crippen molar-refractivity contribution in [3.63, 3.8) is 0 Å². The van der Waals surface area contributed by atoms with E-state index >= 15 is 0 Å². The number of rotatable bonds is 4. The second kappa shape index (κ2) is 9.30. The third-order valence-corrected chi connectivity index (χ3v) is 7.06. The van der Waals surface area contributed by atoms with Crippen molar-refractivity contribution in [3.8, 4) is 0 Å². The summed E-state index contributed by atoms with van der Waals surface area (Å²) in [5, 5.41) is 9.26. The van der Waals surface area contributed by atoms with E-state index in [0.29, 0.717) is 51.9 Å². The van der Waals surface area contributed by atoms with E-state index in [1.165, 1.54) is 0 Å². The molecule has 1 aromatic rings. The van der Waals surface area contributed by atoms with Crippen LogP contribution >= 0.6 is 0 Å². The number of nitrogens with zero attached hydrogens (tertiary/aromatic N) is 3. The van der Waals surface area contributed by atoms with E-state index in [1.807, 2.05) is 31.2 Å². The van der Waals surface area contributed by atoms with Crippen LogP contribution in [-0.2, 0) is 19.2 Å². The fourth-order valence-electron chi connectivity index (χ4n) is 5.09.